The second-order valence-corrected chi connectivity index (χ2v) is 5.16. The lowest BCUT2D eigenvalue weighted by Crippen LogP contribution is -2.49. The molecule has 17 heavy (non-hydrogen) atoms. The number of carbonyl (C=O) groups excluding carboxylic acids is 1. The predicted molar refractivity (Wildman–Crippen MR) is 68.8 cm³/mol. The SMILES string of the molecule is COC(=O)C(Cc1ccccc1)NC(C)(C)C. The Bertz CT molecular complexity index is 354. The molecule has 0 saturated heterocycles. The molecular weight excluding hydrogens is 214 g/mol. The zero-order valence-electron chi connectivity index (χ0n) is 11.0. The first-order chi connectivity index (χ1) is 7.92. The molecule has 0 amide bonds. The molecule has 1 aromatic rings. The van der Waals surface area contributed by atoms with Gasteiger partial charge in [0.1, 0.15) is 6.04 Å². The van der Waals surface area contributed by atoms with E-state index in [1.165, 1.54) is 7.11 Å². The fourth-order valence-electron chi connectivity index (χ4n) is 1.71. The minimum absolute atomic E-state index is 0.117. The maximum atomic E-state index is 11.7. The molecule has 0 radical (unpaired) electrons. The van der Waals surface area contributed by atoms with Gasteiger partial charge in [0.2, 0.25) is 0 Å². The Morgan fingerprint density at radius 1 is 1.29 bits per heavy atom. The van der Waals surface area contributed by atoms with Gasteiger partial charge in [-0.25, -0.2) is 0 Å². The number of esters is 1. The van der Waals surface area contributed by atoms with Gasteiger partial charge in [0.05, 0.1) is 7.11 Å². The third kappa shape index (κ3) is 5.00. The molecule has 0 bridgehead atoms. The van der Waals surface area contributed by atoms with Crippen LogP contribution < -0.4 is 5.32 Å². The summed E-state index contributed by atoms with van der Waals surface area (Å²) in [5.41, 5.74) is 1.01. The molecule has 0 heterocycles. The van der Waals surface area contributed by atoms with E-state index in [0.717, 1.165) is 5.56 Å². The Labute approximate surface area is 103 Å². The Morgan fingerprint density at radius 3 is 2.35 bits per heavy atom. The van der Waals surface area contributed by atoms with Crippen LogP contribution >= 0.6 is 0 Å². The van der Waals surface area contributed by atoms with Gasteiger partial charge >= 0.3 is 5.97 Å². The van der Waals surface area contributed by atoms with Crippen molar-refractivity contribution >= 4 is 5.97 Å². The molecule has 1 rings (SSSR count). The fraction of sp³-hybridized carbons (Fsp3) is 0.500. The molecule has 94 valence electrons. The molecule has 0 aliphatic heterocycles. The number of methoxy groups -OCH3 is 1. The van der Waals surface area contributed by atoms with Crippen molar-refractivity contribution in [3.8, 4) is 0 Å². The van der Waals surface area contributed by atoms with Gasteiger partial charge < -0.3 is 4.74 Å². The number of ether oxygens (including phenoxy) is 1. The van der Waals surface area contributed by atoms with Crippen molar-refractivity contribution < 1.29 is 9.53 Å². The number of nitrogens with one attached hydrogen (secondary N) is 1. The van der Waals surface area contributed by atoms with Gasteiger partial charge in [-0.05, 0) is 32.8 Å². The highest BCUT2D eigenvalue weighted by Gasteiger charge is 2.24. The molecule has 0 saturated carbocycles. The van der Waals surface area contributed by atoms with E-state index >= 15 is 0 Å². The van der Waals surface area contributed by atoms with Crippen LogP contribution in [0.4, 0.5) is 0 Å². The minimum Gasteiger partial charge on any atom is -0.468 e. The van der Waals surface area contributed by atoms with Gasteiger partial charge in [-0.2, -0.15) is 0 Å². The summed E-state index contributed by atoms with van der Waals surface area (Å²) in [6.07, 6.45) is 0.644. The summed E-state index contributed by atoms with van der Waals surface area (Å²) in [6.45, 7) is 6.11. The molecule has 0 aliphatic carbocycles. The Kier molecular flexibility index (Phi) is 4.70. The van der Waals surface area contributed by atoms with E-state index < -0.39 is 0 Å². The zero-order chi connectivity index (χ0) is 12.9. The van der Waals surface area contributed by atoms with E-state index in [-0.39, 0.29) is 17.6 Å². The van der Waals surface area contributed by atoms with E-state index in [1.54, 1.807) is 0 Å². The van der Waals surface area contributed by atoms with Crippen LogP contribution in [0, 0.1) is 0 Å². The largest absolute Gasteiger partial charge is 0.468 e. The molecule has 0 spiro atoms. The van der Waals surface area contributed by atoms with E-state index in [1.807, 2.05) is 51.1 Å². The van der Waals surface area contributed by atoms with Crippen molar-refractivity contribution in [3.05, 3.63) is 35.9 Å². The van der Waals surface area contributed by atoms with Crippen LogP contribution in [0.3, 0.4) is 0 Å². The third-order valence-electron chi connectivity index (χ3n) is 2.38. The number of hydrogen-bond donors (Lipinski definition) is 1. The zero-order valence-corrected chi connectivity index (χ0v) is 11.0. The molecule has 1 atom stereocenters. The first-order valence-corrected chi connectivity index (χ1v) is 5.82. The Balaban J connectivity index is 2.74. The molecule has 1 aromatic carbocycles. The minimum atomic E-state index is -0.303. The topological polar surface area (TPSA) is 38.3 Å². The highest BCUT2D eigenvalue weighted by molar-refractivity contribution is 5.76. The molecule has 1 unspecified atom stereocenters. The van der Waals surface area contributed by atoms with E-state index in [4.69, 9.17) is 4.74 Å². The molecule has 0 fully saturated rings. The summed E-state index contributed by atoms with van der Waals surface area (Å²) in [5.74, 6) is -0.219. The van der Waals surface area contributed by atoms with Crippen molar-refractivity contribution in [3.63, 3.8) is 0 Å². The Hall–Kier alpha value is -1.35. The fourth-order valence-corrected chi connectivity index (χ4v) is 1.71. The normalized spacial score (nSPS) is 13.2. The summed E-state index contributed by atoms with van der Waals surface area (Å²) >= 11 is 0. The summed E-state index contributed by atoms with van der Waals surface area (Å²) in [6, 6.07) is 9.64. The molecule has 3 nitrogen and oxygen atoms in total. The monoisotopic (exact) mass is 235 g/mol. The predicted octanol–water partition coefficient (Wildman–Crippen LogP) is 2.16. The smallest absolute Gasteiger partial charge is 0.323 e. The summed E-state index contributed by atoms with van der Waals surface area (Å²) in [7, 11) is 1.42. The van der Waals surface area contributed by atoms with Crippen LogP contribution in [0.2, 0.25) is 0 Å². The number of benzene rings is 1. The average molecular weight is 235 g/mol. The lowest BCUT2D eigenvalue weighted by atomic mass is 10.0. The lowest BCUT2D eigenvalue weighted by Gasteiger charge is -2.27. The highest BCUT2D eigenvalue weighted by atomic mass is 16.5. The van der Waals surface area contributed by atoms with Gasteiger partial charge in [0, 0.05) is 5.54 Å². The number of hydrogen-bond acceptors (Lipinski definition) is 3. The van der Waals surface area contributed by atoms with E-state index in [0.29, 0.717) is 6.42 Å². The van der Waals surface area contributed by atoms with Gasteiger partial charge in [-0.15, -0.1) is 0 Å². The highest BCUT2D eigenvalue weighted by Crippen LogP contribution is 2.09. The molecule has 0 aliphatic rings. The summed E-state index contributed by atoms with van der Waals surface area (Å²) in [5, 5.41) is 3.28. The van der Waals surface area contributed by atoms with Crippen molar-refractivity contribution in [1.29, 1.82) is 0 Å². The maximum absolute atomic E-state index is 11.7. The van der Waals surface area contributed by atoms with Crippen molar-refractivity contribution in [2.45, 2.75) is 38.8 Å². The maximum Gasteiger partial charge on any atom is 0.323 e. The van der Waals surface area contributed by atoms with Crippen LogP contribution in [0.1, 0.15) is 26.3 Å². The van der Waals surface area contributed by atoms with Crippen molar-refractivity contribution in [1.82, 2.24) is 5.32 Å². The lowest BCUT2D eigenvalue weighted by molar-refractivity contribution is -0.143. The Morgan fingerprint density at radius 2 is 1.88 bits per heavy atom. The second-order valence-electron chi connectivity index (χ2n) is 5.16. The van der Waals surface area contributed by atoms with Gasteiger partial charge in [0.15, 0.2) is 0 Å². The van der Waals surface area contributed by atoms with Gasteiger partial charge in [0.25, 0.3) is 0 Å². The van der Waals surface area contributed by atoms with Gasteiger partial charge in [-0.1, -0.05) is 30.3 Å². The first-order valence-electron chi connectivity index (χ1n) is 5.82. The van der Waals surface area contributed by atoms with Crippen LogP contribution in [0.15, 0.2) is 30.3 Å². The molecule has 0 aromatic heterocycles. The quantitative estimate of drug-likeness (QED) is 0.813. The van der Waals surface area contributed by atoms with E-state index in [9.17, 15) is 4.79 Å². The van der Waals surface area contributed by atoms with Crippen LogP contribution in [-0.2, 0) is 16.0 Å². The summed E-state index contributed by atoms with van der Waals surface area (Å²) < 4.78 is 4.83. The number of rotatable bonds is 4. The summed E-state index contributed by atoms with van der Waals surface area (Å²) in [4.78, 5) is 11.7. The first kappa shape index (κ1) is 13.7. The third-order valence-corrected chi connectivity index (χ3v) is 2.38. The van der Waals surface area contributed by atoms with Crippen LogP contribution in [-0.4, -0.2) is 24.7 Å². The van der Waals surface area contributed by atoms with Crippen molar-refractivity contribution in [2.75, 3.05) is 7.11 Å². The van der Waals surface area contributed by atoms with Crippen molar-refractivity contribution in [2.24, 2.45) is 0 Å². The molecular formula is C14H21NO2. The molecule has 3 heteroatoms. The van der Waals surface area contributed by atoms with E-state index in [2.05, 4.69) is 5.32 Å². The standard InChI is InChI=1S/C14H21NO2/c1-14(2,3)15-12(13(16)17-4)10-11-8-6-5-7-9-11/h5-9,12,15H,10H2,1-4H3. The van der Waals surface area contributed by atoms with Crippen LogP contribution in [0.25, 0.3) is 0 Å². The molecule has 1 N–H and O–H groups in total. The average Bonchev–Trinajstić information content (AvgIpc) is 2.27. The second kappa shape index (κ2) is 5.82. The number of carbonyl (C=O) groups is 1. The van der Waals surface area contributed by atoms with Gasteiger partial charge in [-0.3, -0.25) is 10.1 Å². The van der Waals surface area contributed by atoms with Crippen LogP contribution in [0.5, 0.6) is 0 Å².